The van der Waals surface area contributed by atoms with Gasteiger partial charge in [-0.3, -0.25) is 15.0 Å². The summed E-state index contributed by atoms with van der Waals surface area (Å²) in [4.78, 5) is 40.7. The number of hydrogen-bond donors (Lipinski definition) is 4. The van der Waals surface area contributed by atoms with Crippen molar-refractivity contribution in [2.24, 2.45) is 0 Å². The molecule has 2 amide bonds. The van der Waals surface area contributed by atoms with Gasteiger partial charge in [0.05, 0.1) is 4.91 Å². The summed E-state index contributed by atoms with van der Waals surface area (Å²) in [6, 6.07) is 11.5. The number of benzene rings is 1. The number of hydrogen-bond acceptors (Lipinski definition) is 11. The Kier molecular flexibility index (Phi) is 7.86. The molecule has 2 aromatic heterocycles. The van der Waals surface area contributed by atoms with Gasteiger partial charge < -0.3 is 16.0 Å². The first-order valence-electron chi connectivity index (χ1n) is 12.1. The predicted octanol–water partition coefficient (Wildman–Crippen LogP) is 5.53. The van der Waals surface area contributed by atoms with Crippen LogP contribution in [0.3, 0.4) is 0 Å². The lowest BCUT2D eigenvalue weighted by Crippen LogP contribution is -2.35. The molecule has 38 heavy (non-hydrogen) atoms. The van der Waals surface area contributed by atoms with Gasteiger partial charge in [0, 0.05) is 34.1 Å². The van der Waals surface area contributed by atoms with Gasteiger partial charge in [0.2, 0.25) is 23.8 Å². The fourth-order valence-electron chi connectivity index (χ4n) is 4.09. The first-order valence-corrected chi connectivity index (χ1v) is 14.1. The second-order valence-electron chi connectivity index (χ2n) is 8.89. The number of aryl methyl sites for hydroxylation is 1. The number of aromatic nitrogens is 3. The highest BCUT2D eigenvalue weighted by atomic mass is 32.2. The summed E-state index contributed by atoms with van der Waals surface area (Å²) >= 11 is 8.32. The Morgan fingerprint density at radius 2 is 1.71 bits per heavy atom. The van der Waals surface area contributed by atoms with Crippen molar-refractivity contribution in [3.63, 3.8) is 0 Å². The molecule has 13 heteroatoms. The third-order valence-corrected chi connectivity index (χ3v) is 8.08. The Morgan fingerprint density at radius 3 is 2.39 bits per heavy atom. The molecule has 1 aliphatic heterocycles. The summed E-state index contributed by atoms with van der Waals surface area (Å²) in [6.45, 7) is 3.48. The number of nitrogens with zero attached hydrogens (tertiary/aromatic N) is 4. The first-order chi connectivity index (χ1) is 18.3. The van der Waals surface area contributed by atoms with Crippen LogP contribution in [0, 0.1) is 6.92 Å². The number of amides is 2. The second kappa shape index (κ2) is 11.5. The molecule has 3 aromatic rings. The largest absolute Gasteiger partial charge is 0.351 e. The predicted molar refractivity (Wildman–Crippen MR) is 157 cm³/mol. The molecular weight excluding hydrogens is 541 g/mol. The minimum Gasteiger partial charge on any atom is -0.351 e. The Bertz CT molecular complexity index is 1400. The number of nitrogens with one attached hydrogen (secondary N) is 4. The molecule has 2 aliphatic rings. The van der Waals surface area contributed by atoms with Crippen LogP contribution < -0.4 is 21.4 Å². The van der Waals surface area contributed by atoms with E-state index in [1.807, 2.05) is 37.3 Å². The maximum absolute atomic E-state index is 13.1. The quantitative estimate of drug-likeness (QED) is 0.204. The summed E-state index contributed by atoms with van der Waals surface area (Å²) < 4.78 is 0.364. The molecule has 0 bridgehead atoms. The smallest absolute Gasteiger partial charge is 0.285 e. The molecule has 4 N–H and O–H groups in total. The van der Waals surface area contributed by atoms with E-state index in [2.05, 4.69) is 36.3 Å². The molecule has 3 heterocycles. The minimum absolute atomic E-state index is 0.141. The molecule has 1 aromatic carbocycles. The van der Waals surface area contributed by atoms with E-state index in [1.54, 1.807) is 23.5 Å². The summed E-state index contributed by atoms with van der Waals surface area (Å²) in [6.07, 6.45) is 6.25. The highest BCUT2D eigenvalue weighted by molar-refractivity contribution is 8.26. The van der Waals surface area contributed by atoms with Gasteiger partial charge >= 0.3 is 0 Å². The van der Waals surface area contributed by atoms with Crippen molar-refractivity contribution in [1.29, 1.82) is 0 Å². The monoisotopic (exact) mass is 566 g/mol. The van der Waals surface area contributed by atoms with E-state index in [0.717, 1.165) is 36.2 Å². The normalized spacial score (nSPS) is 16.8. The molecule has 196 valence electrons. The second-order valence-corrected chi connectivity index (χ2v) is 11.9. The zero-order chi connectivity index (χ0) is 26.6. The Balaban J connectivity index is 1.37. The Hall–Kier alpha value is -3.55. The highest BCUT2D eigenvalue weighted by Crippen LogP contribution is 2.34. The van der Waals surface area contributed by atoms with Crippen molar-refractivity contribution >= 4 is 86.7 Å². The third-order valence-electron chi connectivity index (χ3n) is 5.83. The summed E-state index contributed by atoms with van der Waals surface area (Å²) in [5, 5.41) is 10.6. The van der Waals surface area contributed by atoms with Crippen molar-refractivity contribution < 1.29 is 9.59 Å². The lowest BCUT2D eigenvalue weighted by atomic mass is 10.2. The number of anilines is 5. The molecular formula is C25H26N8O2S3. The van der Waals surface area contributed by atoms with Crippen molar-refractivity contribution in [2.75, 3.05) is 21.4 Å². The molecule has 1 aliphatic carbocycles. The standard InChI is InChI=1S/C25H26N8O2S3/c1-14-7-12-19(37-14)13-20-21(35)33(25(36)38-20)32-24-30-22(27-16-5-3-4-6-16)29-23(31-24)28-18-10-8-17(9-11-18)26-15(2)34/h7-13,16H,3-6H2,1-2H3,(H,26,34)(H3,27,28,29,30,31,32)/b20-13-. The van der Waals surface area contributed by atoms with Crippen LogP contribution in [0.2, 0.25) is 0 Å². The van der Waals surface area contributed by atoms with Gasteiger partial charge in [-0.05, 0) is 74.5 Å². The van der Waals surface area contributed by atoms with Crippen molar-refractivity contribution in [3.05, 3.63) is 51.1 Å². The number of carbonyl (C=O) groups is 2. The fourth-order valence-corrected chi connectivity index (χ4v) is 6.16. The number of thiophene rings is 1. The van der Waals surface area contributed by atoms with E-state index in [9.17, 15) is 9.59 Å². The summed E-state index contributed by atoms with van der Waals surface area (Å²) in [5.74, 6) is 0.479. The Labute approximate surface area is 233 Å². The maximum atomic E-state index is 13.1. The van der Waals surface area contributed by atoms with Crippen molar-refractivity contribution in [3.8, 4) is 0 Å². The van der Waals surface area contributed by atoms with Crippen LogP contribution in [0.5, 0.6) is 0 Å². The van der Waals surface area contributed by atoms with E-state index < -0.39 is 0 Å². The molecule has 1 saturated heterocycles. The van der Waals surface area contributed by atoms with E-state index >= 15 is 0 Å². The van der Waals surface area contributed by atoms with Gasteiger partial charge in [0.15, 0.2) is 4.32 Å². The zero-order valence-corrected chi connectivity index (χ0v) is 23.2. The number of thiocarbonyl (C=S) groups is 1. The first kappa shape index (κ1) is 26.1. The van der Waals surface area contributed by atoms with Gasteiger partial charge in [-0.25, -0.2) is 0 Å². The molecule has 0 radical (unpaired) electrons. The van der Waals surface area contributed by atoms with Gasteiger partial charge in [-0.1, -0.05) is 24.6 Å². The third kappa shape index (κ3) is 6.47. The summed E-state index contributed by atoms with van der Waals surface area (Å²) in [5.41, 5.74) is 4.39. The zero-order valence-electron chi connectivity index (χ0n) is 20.8. The molecule has 10 nitrogen and oxygen atoms in total. The van der Waals surface area contributed by atoms with Crippen molar-refractivity contribution in [1.82, 2.24) is 20.0 Å². The van der Waals surface area contributed by atoms with Gasteiger partial charge in [0.25, 0.3) is 5.91 Å². The van der Waals surface area contributed by atoms with E-state index in [1.165, 1.54) is 28.6 Å². The SMILES string of the molecule is CC(=O)Nc1ccc(Nc2nc(NC3CCCC3)nc(NN3C(=O)/C(=C/c4ccc(C)s4)SC3=S)n2)cc1. The topological polar surface area (TPSA) is 124 Å². The van der Waals surface area contributed by atoms with Crippen LogP contribution in [0.1, 0.15) is 42.4 Å². The number of hydrazine groups is 1. The lowest BCUT2D eigenvalue weighted by Gasteiger charge is -2.18. The summed E-state index contributed by atoms with van der Waals surface area (Å²) in [7, 11) is 0. The number of rotatable bonds is 8. The molecule has 0 spiro atoms. The molecule has 5 rings (SSSR count). The molecule has 1 saturated carbocycles. The average molecular weight is 567 g/mol. The van der Waals surface area contributed by atoms with Gasteiger partial charge in [-0.15, -0.1) is 11.3 Å². The van der Waals surface area contributed by atoms with Crippen molar-refractivity contribution in [2.45, 2.75) is 45.6 Å². The van der Waals surface area contributed by atoms with Crippen LogP contribution in [0.15, 0.2) is 41.3 Å². The fraction of sp³-hybridized carbons (Fsp3) is 0.280. The van der Waals surface area contributed by atoms with E-state index in [-0.39, 0.29) is 23.8 Å². The van der Waals surface area contributed by atoms with Crippen LogP contribution in [-0.2, 0) is 9.59 Å². The molecule has 0 atom stereocenters. The lowest BCUT2D eigenvalue weighted by molar-refractivity contribution is -0.121. The van der Waals surface area contributed by atoms with E-state index in [4.69, 9.17) is 12.2 Å². The number of carbonyl (C=O) groups excluding carboxylic acids is 2. The van der Waals surface area contributed by atoms with Crippen LogP contribution in [-0.4, -0.2) is 42.1 Å². The van der Waals surface area contributed by atoms with Crippen LogP contribution in [0.25, 0.3) is 6.08 Å². The average Bonchev–Trinajstić information content (AvgIpc) is 3.59. The maximum Gasteiger partial charge on any atom is 0.285 e. The molecule has 0 unspecified atom stereocenters. The highest BCUT2D eigenvalue weighted by Gasteiger charge is 2.33. The molecule has 2 fully saturated rings. The van der Waals surface area contributed by atoms with Gasteiger partial charge in [0.1, 0.15) is 0 Å². The van der Waals surface area contributed by atoms with Crippen LogP contribution in [0.4, 0.5) is 29.2 Å². The van der Waals surface area contributed by atoms with Crippen LogP contribution >= 0.6 is 35.3 Å². The minimum atomic E-state index is -0.264. The number of thioether (sulfide) groups is 1. The Morgan fingerprint density at radius 1 is 1.03 bits per heavy atom. The van der Waals surface area contributed by atoms with Gasteiger partial charge in [-0.2, -0.15) is 20.0 Å². The van der Waals surface area contributed by atoms with E-state index in [0.29, 0.717) is 26.8 Å².